The van der Waals surface area contributed by atoms with Gasteiger partial charge in [-0.05, 0) is 26.0 Å². The summed E-state index contributed by atoms with van der Waals surface area (Å²) in [5, 5.41) is 4.09. The highest BCUT2D eigenvalue weighted by atomic mass is 16.5. The summed E-state index contributed by atoms with van der Waals surface area (Å²) in [7, 11) is 0. The molecule has 0 saturated carbocycles. The number of aryl methyl sites for hydroxylation is 1. The van der Waals surface area contributed by atoms with Gasteiger partial charge in [0.1, 0.15) is 12.1 Å². The van der Waals surface area contributed by atoms with Crippen LogP contribution in [0.4, 0.5) is 5.69 Å². The Morgan fingerprint density at radius 1 is 1.26 bits per heavy atom. The highest BCUT2D eigenvalue weighted by molar-refractivity contribution is 5.54. The van der Waals surface area contributed by atoms with E-state index in [1.807, 2.05) is 38.1 Å². The molecular weight excluding hydrogens is 242 g/mol. The van der Waals surface area contributed by atoms with E-state index >= 15 is 0 Å². The number of anilines is 1. The molecule has 0 amide bonds. The van der Waals surface area contributed by atoms with Crippen molar-refractivity contribution in [1.82, 2.24) is 19.6 Å². The van der Waals surface area contributed by atoms with Gasteiger partial charge in [0.25, 0.3) is 5.78 Å². The second-order valence-electron chi connectivity index (χ2n) is 4.28. The Labute approximate surface area is 109 Å². The maximum atomic E-state index is 5.88. The molecule has 2 N–H and O–H groups in total. The molecule has 0 spiro atoms. The summed E-state index contributed by atoms with van der Waals surface area (Å²) in [6.45, 7) is 3.80. The molecule has 2 aromatic heterocycles. The summed E-state index contributed by atoms with van der Waals surface area (Å²) in [4.78, 5) is 8.32. The third kappa shape index (κ3) is 1.97. The number of nitrogens with two attached hydrogens (primary N) is 1. The van der Waals surface area contributed by atoms with Crippen molar-refractivity contribution < 1.29 is 4.74 Å². The fourth-order valence-corrected chi connectivity index (χ4v) is 1.82. The van der Waals surface area contributed by atoms with E-state index in [-0.39, 0.29) is 0 Å². The van der Waals surface area contributed by atoms with Gasteiger partial charge in [0.15, 0.2) is 0 Å². The molecule has 19 heavy (non-hydrogen) atoms. The number of fused-ring (bicyclic) bond motifs is 1. The van der Waals surface area contributed by atoms with E-state index in [2.05, 4.69) is 15.1 Å². The Kier molecular flexibility index (Phi) is 2.56. The molecule has 0 fully saturated rings. The second-order valence-corrected chi connectivity index (χ2v) is 4.28. The number of aromatic nitrogens is 4. The number of hydrogen-bond acceptors (Lipinski definition) is 5. The first-order valence-corrected chi connectivity index (χ1v) is 5.85. The fourth-order valence-electron chi connectivity index (χ4n) is 1.82. The molecule has 0 unspecified atom stereocenters. The molecule has 96 valence electrons. The monoisotopic (exact) mass is 255 g/mol. The maximum absolute atomic E-state index is 5.88. The summed E-state index contributed by atoms with van der Waals surface area (Å²) in [5.41, 5.74) is 8.27. The summed E-state index contributed by atoms with van der Waals surface area (Å²) >= 11 is 0. The fraction of sp³-hybridized carbons (Fsp3) is 0.154. The van der Waals surface area contributed by atoms with E-state index in [4.69, 9.17) is 10.5 Å². The van der Waals surface area contributed by atoms with Crippen molar-refractivity contribution in [3.05, 3.63) is 41.9 Å². The van der Waals surface area contributed by atoms with Crippen LogP contribution in [-0.4, -0.2) is 19.6 Å². The van der Waals surface area contributed by atoms with Crippen LogP contribution in [0.25, 0.3) is 5.78 Å². The largest absolute Gasteiger partial charge is 0.438 e. The van der Waals surface area contributed by atoms with Crippen LogP contribution in [0.3, 0.4) is 0 Å². The van der Waals surface area contributed by atoms with Gasteiger partial charge in [0, 0.05) is 23.0 Å². The summed E-state index contributed by atoms with van der Waals surface area (Å²) in [6, 6.07) is 7.36. The predicted molar refractivity (Wildman–Crippen MR) is 71.2 cm³/mol. The van der Waals surface area contributed by atoms with Crippen molar-refractivity contribution in [3.63, 3.8) is 0 Å². The first kappa shape index (κ1) is 11.5. The lowest BCUT2D eigenvalue weighted by Gasteiger charge is -2.11. The van der Waals surface area contributed by atoms with Crippen molar-refractivity contribution in [3.8, 4) is 11.6 Å². The minimum Gasteiger partial charge on any atom is -0.438 e. The molecule has 0 bridgehead atoms. The quantitative estimate of drug-likeness (QED) is 0.709. The van der Waals surface area contributed by atoms with Gasteiger partial charge in [-0.15, -0.1) is 0 Å². The molecule has 3 rings (SSSR count). The van der Waals surface area contributed by atoms with Crippen LogP contribution in [-0.2, 0) is 0 Å². The van der Waals surface area contributed by atoms with E-state index < -0.39 is 0 Å². The van der Waals surface area contributed by atoms with Gasteiger partial charge < -0.3 is 10.5 Å². The van der Waals surface area contributed by atoms with Crippen LogP contribution in [0, 0.1) is 13.8 Å². The van der Waals surface area contributed by atoms with Gasteiger partial charge in [-0.25, -0.2) is 4.98 Å². The van der Waals surface area contributed by atoms with Crippen LogP contribution in [0.15, 0.2) is 30.6 Å². The molecule has 3 aromatic rings. The second kappa shape index (κ2) is 4.24. The van der Waals surface area contributed by atoms with E-state index in [0.717, 1.165) is 11.3 Å². The zero-order valence-corrected chi connectivity index (χ0v) is 10.7. The summed E-state index contributed by atoms with van der Waals surface area (Å²) < 4.78 is 7.43. The molecular formula is C13H13N5O. The van der Waals surface area contributed by atoms with Crippen molar-refractivity contribution in [2.75, 3.05) is 5.73 Å². The standard InChI is InChI=1S/C13H13N5O/c1-8-6-12(18-13(17-8)15-7-16-18)19-11-5-3-4-10(14)9(11)2/h3-7H,14H2,1-2H3. The number of rotatable bonds is 2. The van der Waals surface area contributed by atoms with Crippen molar-refractivity contribution in [2.45, 2.75) is 13.8 Å². The third-order valence-corrected chi connectivity index (χ3v) is 2.89. The molecule has 0 aliphatic rings. The van der Waals surface area contributed by atoms with E-state index in [9.17, 15) is 0 Å². The summed E-state index contributed by atoms with van der Waals surface area (Å²) in [5.74, 6) is 1.77. The van der Waals surface area contributed by atoms with Crippen LogP contribution < -0.4 is 10.5 Å². The number of benzene rings is 1. The Balaban J connectivity index is 2.10. The maximum Gasteiger partial charge on any atom is 0.255 e. The van der Waals surface area contributed by atoms with Gasteiger partial charge in [-0.3, -0.25) is 0 Å². The summed E-state index contributed by atoms with van der Waals surface area (Å²) in [6.07, 6.45) is 1.45. The van der Waals surface area contributed by atoms with E-state index in [1.165, 1.54) is 6.33 Å². The average Bonchev–Trinajstić information content (AvgIpc) is 2.83. The van der Waals surface area contributed by atoms with Crippen molar-refractivity contribution in [2.24, 2.45) is 0 Å². The first-order chi connectivity index (χ1) is 9.15. The number of ether oxygens (including phenoxy) is 1. The molecule has 2 heterocycles. The van der Waals surface area contributed by atoms with E-state index in [1.54, 1.807) is 4.52 Å². The lowest BCUT2D eigenvalue weighted by atomic mass is 10.2. The number of hydrogen-bond donors (Lipinski definition) is 1. The topological polar surface area (TPSA) is 78.3 Å². The van der Waals surface area contributed by atoms with Gasteiger partial charge in [0.05, 0.1) is 0 Å². The molecule has 0 atom stereocenters. The predicted octanol–water partition coefficient (Wildman–Crippen LogP) is 2.12. The van der Waals surface area contributed by atoms with Gasteiger partial charge >= 0.3 is 0 Å². The normalized spacial score (nSPS) is 10.8. The number of nitrogen functional groups attached to an aromatic ring is 1. The van der Waals surface area contributed by atoms with Crippen molar-refractivity contribution in [1.29, 1.82) is 0 Å². The molecule has 0 aliphatic carbocycles. The third-order valence-electron chi connectivity index (χ3n) is 2.89. The number of nitrogens with zero attached hydrogens (tertiary/aromatic N) is 4. The molecule has 6 heteroatoms. The molecule has 6 nitrogen and oxygen atoms in total. The Morgan fingerprint density at radius 2 is 2.11 bits per heavy atom. The zero-order valence-electron chi connectivity index (χ0n) is 10.7. The average molecular weight is 255 g/mol. The van der Waals surface area contributed by atoms with Gasteiger partial charge in [0.2, 0.25) is 5.88 Å². The van der Waals surface area contributed by atoms with E-state index in [0.29, 0.717) is 23.1 Å². The zero-order chi connectivity index (χ0) is 13.4. The van der Waals surface area contributed by atoms with Gasteiger partial charge in [-0.2, -0.15) is 14.6 Å². The minimum atomic E-state index is 0.511. The van der Waals surface area contributed by atoms with Gasteiger partial charge in [-0.1, -0.05) is 6.07 Å². The molecule has 0 radical (unpaired) electrons. The van der Waals surface area contributed by atoms with Crippen LogP contribution in [0.5, 0.6) is 11.6 Å². The Morgan fingerprint density at radius 3 is 2.95 bits per heavy atom. The van der Waals surface area contributed by atoms with Crippen LogP contribution in [0.2, 0.25) is 0 Å². The molecule has 0 saturated heterocycles. The Bertz CT molecular complexity index is 750. The van der Waals surface area contributed by atoms with Crippen LogP contribution in [0.1, 0.15) is 11.3 Å². The highest BCUT2D eigenvalue weighted by Crippen LogP contribution is 2.28. The minimum absolute atomic E-state index is 0.511. The van der Waals surface area contributed by atoms with Crippen LogP contribution >= 0.6 is 0 Å². The lowest BCUT2D eigenvalue weighted by molar-refractivity contribution is 0.442. The lowest BCUT2D eigenvalue weighted by Crippen LogP contribution is -2.00. The molecule has 0 aliphatic heterocycles. The van der Waals surface area contributed by atoms with Crippen molar-refractivity contribution >= 4 is 11.5 Å². The SMILES string of the molecule is Cc1cc(Oc2cccc(N)c2C)n2ncnc2n1. The first-order valence-electron chi connectivity index (χ1n) is 5.85. The Hall–Kier alpha value is -2.63. The molecule has 1 aromatic carbocycles. The highest BCUT2D eigenvalue weighted by Gasteiger charge is 2.10. The smallest absolute Gasteiger partial charge is 0.255 e.